The zero-order valence-electron chi connectivity index (χ0n) is 23.7. The molecule has 0 heterocycles. The molecule has 6 nitrogen and oxygen atoms in total. The Morgan fingerprint density at radius 2 is 0.778 bits per heavy atom. The molecule has 0 radical (unpaired) electrons. The molecule has 0 aliphatic heterocycles. The molecule has 2 unspecified atom stereocenters. The molecular formula is C33H29F6NO5. The zero-order chi connectivity index (χ0) is 32.3. The molecule has 238 valence electrons. The molecule has 0 fully saturated rings. The normalized spacial score (nSPS) is 12.9. The molecule has 45 heavy (non-hydrogen) atoms. The predicted molar refractivity (Wildman–Crippen MR) is 155 cm³/mol. The van der Waals surface area contributed by atoms with Crippen molar-refractivity contribution in [3.63, 3.8) is 0 Å². The van der Waals surface area contributed by atoms with Crippen molar-refractivity contribution in [1.29, 1.82) is 0 Å². The average Bonchev–Trinajstić information content (AvgIpc) is 3.02. The smallest absolute Gasteiger partial charge is 0.401 e. The summed E-state index contributed by atoms with van der Waals surface area (Å²) in [6.45, 7) is 0.431. The standard InChI is InChI=1S/C33H29F6NO5/c34-32(35,36)29(23-11-15-27(16-12-23)44-21-19-42-25-7-3-1-4-8-25)31(40-41)30(33(37,38)39)24-13-17-28(18-14-24)45-22-20-43-26-9-5-2-6-10-26/h1-18,29-30,41H,19-22H2. The highest BCUT2D eigenvalue weighted by molar-refractivity contribution is 5.97. The summed E-state index contributed by atoms with van der Waals surface area (Å²) in [4.78, 5) is 0. The quantitative estimate of drug-likeness (QED) is 0.0497. The maximum Gasteiger partial charge on any atom is 0.401 e. The van der Waals surface area contributed by atoms with Crippen LogP contribution in [0.4, 0.5) is 26.3 Å². The van der Waals surface area contributed by atoms with Gasteiger partial charge in [-0.1, -0.05) is 65.8 Å². The van der Waals surface area contributed by atoms with Crippen molar-refractivity contribution in [1.82, 2.24) is 0 Å². The van der Waals surface area contributed by atoms with E-state index in [0.717, 1.165) is 24.3 Å². The number of alkyl halides is 6. The van der Waals surface area contributed by atoms with E-state index in [1.807, 2.05) is 12.1 Å². The molecule has 0 aromatic heterocycles. The highest BCUT2D eigenvalue weighted by Gasteiger charge is 2.54. The van der Waals surface area contributed by atoms with Gasteiger partial charge in [0.2, 0.25) is 0 Å². The van der Waals surface area contributed by atoms with E-state index in [-0.39, 0.29) is 37.9 Å². The molecule has 4 aromatic carbocycles. The van der Waals surface area contributed by atoms with E-state index < -0.39 is 41.0 Å². The first-order valence-electron chi connectivity index (χ1n) is 13.7. The molecule has 0 aliphatic rings. The number of ether oxygens (including phenoxy) is 4. The first-order valence-corrected chi connectivity index (χ1v) is 13.7. The summed E-state index contributed by atoms with van der Waals surface area (Å²) >= 11 is 0. The van der Waals surface area contributed by atoms with Crippen LogP contribution in [0.25, 0.3) is 0 Å². The molecule has 0 bridgehead atoms. The van der Waals surface area contributed by atoms with Gasteiger partial charge in [-0.05, 0) is 59.7 Å². The Hall–Kier alpha value is -4.87. The summed E-state index contributed by atoms with van der Waals surface area (Å²) in [5.74, 6) is -4.16. The molecule has 0 saturated carbocycles. The highest BCUT2D eigenvalue weighted by Crippen LogP contribution is 2.46. The fourth-order valence-electron chi connectivity index (χ4n) is 4.52. The first-order chi connectivity index (χ1) is 21.6. The summed E-state index contributed by atoms with van der Waals surface area (Å²) < 4.78 is 108. The number of para-hydroxylation sites is 2. The van der Waals surface area contributed by atoms with Gasteiger partial charge in [0.25, 0.3) is 0 Å². The molecule has 4 aromatic rings. The Morgan fingerprint density at radius 1 is 0.489 bits per heavy atom. The van der Waals surface area contributed by atoms with Crippen LogP contribution in [0.5, 0.6) is 23.0 Å². The fourth-order valence-corrected chi connectivity index (χ4v) is 4.52. The van der Waals surface area contributed by atoms with Crippen molar-refractivity contribution < 1.29 is 50.5 Å². The predicted octanol–water partition coefficient (Wildman–Crippen LogP) is 8.42. The molecular weight excluding hydrogens is 604 g/mol. The van der Waals surface area contributed by atoms with Crippen molar-refractivity contribution in [2.75, 3.05) is 26.4 Å². The Kier molecular flexibility index (Phi) is 11.2. The molecule has 0 spiro atoms. The van der Waals surface area contributed by atoms with Gasteiger partial charge >= 0.3 is 12.4 Å². The number of halogens is 6. The summed E-state index contributed by atoms with van der Waals surface area (Å²) in [6, 6.07) is 26.5. The maximum absolute atomic E-state index is 14.3. The minimum atomic E-state index is -5.22. The van der Waals surface area contributed by atoms with Crippen molar-refractivity contribution in [3.8, 4) is 23.0 Å². The third-order valence-electron chi connectivity index (χ3n) is 6.52. The number of benzene rings is 4. The van der Waals surface area contributed by atoms with E-state index in [1.165, 1.54) is 24.3 Å². The van der Waals surface area contributed by atoms with E-state index >= 15 is 0 Å². The van der Waals surface area contributed by atoms with E-state index in [1.54, 1.807) is 48.5 Å². The van der Waals surface area contributed by atoms with E-state index in [0.29, 0.717) is 11.5 Å². The first kappa shape index (κ1) is 33.0. The van der Waals surface area contributed by atoms with Crippen molar-refractivity contribution in [3.05, 3.63) is 120 Å². The van der Waals surface area contributed by atoms with Crippen LogP contribution < -0.4 is 18.9 Å². The van der Waals surface area contributed by atoms with Crippen LogP contribution in [-0.2, 0) is 0 Å². The highest BCUT2D eigenvalue weighted by atomic mass is 19.4. The van der Waals surface area contributed by atoms with Crippen LogP contribution in [0.15, 0.2) is 114 Å². The van der Waals surface area contributed by atoms with Crippen LogP contribution in [-0.4, -0.2) is 49.7 Å². The Morgan fingerprint density at radius 3 is 1.04 bits per heavy atom. The lowest BCUT2D eigenvalue weighted by Crippen LogP contribution is -2.38. The average molecular weight is 634 g/mol. The van der Waals surface area contributed by atoms with E-state index in [9.17, 15) is 31.5 Å². The van der Waals surface area contributed by atoms with Crippen LogP contribution in [0.1, 0.15) is 23.0 Å². The third kappa shape index (κ3) is 9.56. The van der Waals surface area contributed by atoms with E-state index in [2.05, 4.69) is 5.16 Å². The number of hydrogen-bond acceptors (Lipinski definition) is 6. The molecule has 4 rings (SSSR count). The minimum absolute atomic E-state index is 0.0657. The van der Waals surface area contributed by atoms with Gasteiger partial charge < -0.3 is 24.2 Å². The van der Waals surface area contributed by atoms with Crippen LogP contribution in [0, 0.1) is 0 Å². The molecule has 0 saturated heterocycles. The SMILES string of the molecule is ON=C(C(c1ccc(OCCOc2ccccc2)cc1)C(F)(F)F)C(c1ccc(OCCOc2ccccc2)cc1)C(F)(F)F. The Bertz CT molecular complexity index is 1370. The molecule has 12 heteroatoms. The van der Waals surface area contributed by atoms with Crippen molar-refractivity contribution >= 4 is 5.71 Å². The van der Waals surface area contributed by atoms with Gasteiger partial charge in [0.05, 0.1) is 5.71 Å². The van der Waals surface area contributed by atoms with Crippen LogP contribution in [0.3, 0.4) is 0 Å². The number of hydrogen-bond donors (Lipinski definition) is 1. The second kappa shape index (κ2) is 15.2. The lowest BCUT2D eigenvalue weighted by atomic mass is 9.82. The number of oxime groups is 1. The zero-order valence-corrected chi connectivity index (χ0v) is 23.7. The van der Waals surface area contributed by atoms with Gasteiger partial charge in [0, 0.05) is 0 Å². The molecule has 0 aliphatic carbocycles. The summed E-state index contributed by atoms with van der Waals surface area (Å²) in [5, 5.41) is 12.2. The van der Waals surface area contributed by atoms with Crippen molar-refractivity contribution in [2.24, 2.45) is 5.16 Å². The van der Waals surface area contributed by atoms with Gasteiger partial charge in [0.1, 0.15) is 61.3 Å². The van der Waals surface area contributed by atoms with Gasteiger partial charge in [-0.15, -0.1) is 0 Å². The topological polar surface area (TPSA) is 69.5 Å². The second-order valence-corrected chi connectivity index (χ2v) is 9.63. The van der Waals surface area contributed by atoms with Gasteiger partial charge in [-0.2, -0.15) is 26.3 Å². The molecule has 2 atom stereocenters. The molecule has 0 amide bonds. The second-order valence-electron chi connectivity index (χ2n) is 9.63. The summed E-state index contributed by atoms with van der Waals surface area (Å²) in [7, 11) is 0. The lowest BCUT2D eigenvalue weighted by Gasteiger charge is -2.29. The lowest BCUT2D eigenvalue weighted by molar-refractivity contribution is -0.148. The third-order valence-corrected chi connectivity index (χ3v) is 6.52. The number of nitrogens with zero attached hydrogens (tertiary/aromatic N) is 1. The Balaban J connectivity index is 1.45. The minimum Gasteiger partial charge on any atom is -0.490 e. The monoisotopic (exact) mass is 633 g/mol. The number of rotatable bonds is 14. The molecule has 1 N–H and O–H groups in total. The summed E-state index contributed by atoms with van der Waals surface area (Å²) in [5.41, 5.74) is -2.64. The summed E-state index contributed by atoms with van der Waals surface area (Å²) in [6.07, 6.45) is -10.4. The van der Waals surface area contributed by atoms with Gasteiger partial charge in [-0.3, -0.25) is 0 Å². The van der Waals surface area contributed by atoms with Crippen LogP contribution >= 0.6 is 0 Å². The van der Waals surface area contributed by atoms with E-state index in [4.69, 9.17) is 18.9 Å². The van der Waals surface area contributed by atoms with Crippen LogP contribution in [0.2, 0.25) is 0 Å². The maximum atomic E-state index is 14.3. The van der Waals surface area contributed by atoms with Gasteiger partial charge in [-0.25, -0.2) is 0 Å². The largest absolute Gasteiger partial charge is 0.490 e. The fraction of sp³-hybridized carbons (Fsp3) is 0.242. The van der Waals surface area contributed by atoms with Gasteiger partial charge in [0.15, 0.2) is 0 Å². The Labute approximate surface area is 255 Å². The van der Waals surface area contributed by atoms with Crippen molar-refractivity contribution in [2.45, 2.75) is 24.2 Å².